The molecule has 3 nitrogen and oxygen atoms in total. The number of hydrogen-bond donors (Lipinski definition) is 1. The lowest BCUT2D eigenvalue weighted by Crippen LogP contribution is -2.35. The summed E-state index contributed by atoms with van der Waals surface area (Å²) in [5, 5.41) is 3.34. The number of ether oxygens (including phenoxy) is 1. The first kappa shape index (κ1) is 9.99. The van der Waals surface area contributed by atoms with Crippen LogP contribution >= 0.6 is 15.9 Å². The van der Waals surface area contributed by atoms with E-state index in [9.17, 15) is 4.79 Å². The molecule has 1 heterocycles. The maximum atomic E-state index is 11.0. The zero-order valence-electron chi connectivity index (χ0n) is 7.01. The molecule has 0 bridgehead atoms. The van der Waals surface area contributed by atoms with Crippen molar-refractivity contribution >= 4 is 21.8 Å². The van der Waals surface area contributed by atoms with Crippen molar-refractivity contribution in [2.75, 3.05) is 18.5 Å². The Kier molecular flexibility index (Phi) is 4.61. The summed E-state index contributed by atoms with van der Waals surface area (Å²) in [7, 11) is 0. The minimum absolute atomic E-state index is 0.0712. The molecule has 1 aliphatic rings. The first-order valence-corrected chi connectivity index (χ1v) is 5.38. The molecule has 1 atom stereocenters. The summed E-state index contributed by atoms with van der Waals surface area (Å²) < 4.78 is 5.28. The molecule has 0 aromatic rings. The van der Waals surface area contributed by atoms with Crippen molar-refractivity contribution < 1.29 is 9.53 Å². The smallest absolute Gasteiger partial charge is 0.230 e. The molecule has 1 saturated heterocycles. The zero-order valence-corrected chi connectivity index (χ0v) is 8.60. The molecular formula is C8H14BrNO2. The fourth-order valence-corrected chi connectivity index (χ4v) is 1.48. The molecule has 1 fully saturated rings. The van der Waals surface area contributed by atoms with Crippen LogP contribution in [0.4, 0.5) is 0 Å². The molecule has 1 amide bonds. The molecular weight excluding hydrogens is 222 g/mol. The van der Waals surface area contributed by atoms with Crippen LogP contribution in [0.2, 0.25) is 0 Å². The van der Waals surface area contributed by atoms with Crippen LogP contribution in [0.25, 0.3) is 0 Å². The number of hydrogen-bond acceptors (Lipinski definition) is 2. The average Bonchev–Trinajstić information content (AvgIpc) is 2.33. The van der Waals surface area contributed by atoms with E-state index in [1.54, 1.807) is 0 Å². The Balaban J connectivity index is 2.24. The van der Waals surface area contributed by atoms with Crippen molar-refractivity contribution in [2.45, 2.75) is 25.3 Å². The van der Waals surface area contributed by atoms with Gasteiger partial charge in [-0.3, -0.25) is 4.79 Å². The second-order valence-corrected chi connectivity index (χ2v) is 3.50. The summed E-state index contributed by atoms with van der Waals surface area (Å²) >= 11 is 3.12. The van der Waals surface area contributed by atoms with Gasteiger partial charge in [0.25, 0.3) is 0 Å². The normalized spacial score (nSPS) is 24.6. The molecule has 0 aromatic heterocycles. The van der Waals surface area contributed by atoms with Crippen molar-refractivity contribution in [3.8, 4) is 0 Å². The zero-order chi connectivity index (χ0) is 8.81. The van der Waals surface area contributed by atoms with Crippen LogP contribution in [-0.4, -0.2) is 30.5 Å². The van der Waals surface area contributed by atoms with E-state index >= 15 is 0 Å². The molecule has 1 rings (SSSR count). The fraction of sp³-hybridized carbons (Fsp3) is 0.875. The van der Waals surface area contributed by atoms with Gasteiger partial charge in [0.15, 0.2) is 0 Å². The third-order valence-corrected chi connectivity index (χ3v) is 2.45. The SMILES string of the molecule is O=C(CBr)NC1CCCOCC1. The van der Waals surface area contributed by atoms with Crippen molar-refractivity contribution in [2.24, 2.45) is 0 Å². The standard InChI is InChI=1S/C8H14BrNO2/c9-6-8(11)10-7-2-1-4-12-5-3-7/h7H,1-6H2,(H,10,11). The van der Waals surface area contributed by atoms with E-state index in [4.69, 9.17) is 4.74 Å². The lowest BCUT2D eigenvalue weighted by atomic mass is 10.1. The summed E-state index contributed by atoms with van der Waals surface area (Å²) in [4.78, 5) is 11.0. The van der Waals surface area contributed by atoms with Gasteiger partial charge < -0.3 is 10.1 Å². The van der Waals surface area contributed by atoms with Crippen LogP contribution in [0, 0.1) is 0 Å². The van der Waals surface area contributed by atoms with Gasteiger partial charge in [0.05, 0.1) is 5.33 Å². The first-order chi connectivity index (χ1) is 5.83. The van der Waals surface area contributed by atoms with Gasteiger partial charge in [-0.15, -0.1) is 0 Å². The van der Waals surface area contributed by atoms with E-state index < -0.39 is 0 Å². The highest BCUT2D eigenvalue weighted by Crippen LogP contribution is 2.07. The maximum Gasteiger partial charge on any atom is 0.230 e. The number of nitrogens with one attached hydrogen (secondary N) is 1. The third kappa shape index (κ3) is 3.54. The Labute approximate surface area is 81.0 Å². The van der Waals surface area contributed by atoms with Gasteiger partial charge in [0.1, 0.15) is 0 Å². The van der Waals surface area contributed by atoms with E-state index in [1.165, 1.54) is 0 Å². The minimum Gasteiger partial charge on any atom is -0.381 e. The molecule has 1 unspecified atom stereocenters. The van der Waals surface area contributed by atoms with Gasteiger partial charge in [0.2, 0.25) is 5.91 Å². The molecule has 70 valence electrons. The highest BCUT2D eigenvalue weighted by atomic mass is 79.9. The molecule has 0 aliphatic carbocycles. The summed E-state index contributed by atoms with van der Waals surface area (Å²) in [5.74, 6) is 0.0712. The molecule has 1 aliphatic heterocycles. The molecule has 0 radical (unpaired) electrons. The summed E-state index contributed by atoms with van der Waals surface area (Å²) in [6, 6.07) is 0.317. The number of alkyl halides is 1. The van der Waals surface area contributed by atoms with E-state index in [2.05, 4.69) is 21.2 Å². The highest BCUT2D eigenvalue weighted by Gasteiger charge is 2.13. The monoisotopic (exact) mass is 235 g/mol. The minimum atomic E-state index is 0.0712. The van der Waals surface area contributed by atoms with E-state index in [0.717, 1.165) is 32.5 Å². The van der Waals surface area contributed by atoms with Gasteiger partial charge in [-0.05, 0) is 19.3 Å². The lowest BCUT2D eigenvalue weighted by molar-refractivity contribution is -0.119. The van der Waals surface area contributed by atoms with Gasteiger partial charge in [-0.2, -0.15) is 0 Å². The van der Waals surface area contributed by atoms with Crippen LogP contribution in [0.1, 0.15) is 19.3 Å². The van der Waals surface area contributed by atoms with Crippen molar-refractivity contribution in [1.29, 1.82) is 0 Å². The topological polar surface area (TPSA) is 38.3 Å². The Morgan fingerprint density at radius 1 is 1.50 bits per heavy atom. The lowest BCUT2D eigenvalue weighted by Gasteiger charge is -2.14. The van der Waals surface area contributed by atoms with E-state index in [0.29, 0.717) is 11.4 Å². The van der Waals surface area contributed by atoms with Gasteiger partial charge >= 0.3 is 0 Å². The third-order valence-electron chi connectivity index (χ3n) is 1.94. The molecule has 12 heavy (non-hydrogen) atoms. The van der Waals surface area contributed by atoms with Crippen LogP contribution in [0.5, 0.6) is 0 Å². The Bertz CT molecular complexity index is 144. The van der Waals surface area contributed by atoms with Gasteiger partial charge in [-0.1, -0.05) is 15.9 Å². The second kappa shape index (κ2) is 5.54. The quantitative estimate of drug-likeness (QED) is 0.728. The molecule has 0 spiro atoms. The maximum absolute atomic E-state index is 11.0. The van der Waals surface area contributed by atoms with Crippen molar-refractivity contribution in [3.63, 3.8) is 0 Å². The predicted molar refractivity (Wildman–Crippen MR) is 50.4 cm³/mol. The Hall–Kier alpha value is -0.0900. The van der Waals surface area contributed by atoms with E-state index in [-0.39, 0.29) is 5.91 Å². The average molecular weight is 236 g/mol. The number of halogens is 1. The Morgan fingerprint density at radius 3 is 3.08 bits per heavy atom. The van der Waals surface area contributed by atoms with Crippen LogP contribution in [0.15, 0.2) is 0 Å². The number of carbonyl (C=O) groups is 1. The summed E-state index contributed by atoms with van der Waals surface area (Å²) in [6.07, 6.45) is 3.03. The second-order valence-electron chi connectivity index (χ2n) is 2.94. The Morgan fingerprint density at radius 2 is 2.33 bits per heavy atom. The first-order valence-electron chi connectivity index (χ1n) is 4.26. The van der Waals surface area contributed by atoms with E-state index in [1.807, 2.05) is 0 Å². The van der Waals surface area contributed by atoms with Crippen molar-refractivity contribution in [3.05, 3.63) is 0 Å². The van der Waals surface area contributed by atoms with Crippen LogP contribution in [0.3, 0.4) is 0 Å². The molecule has 0 saturated carbocycles. The largest absolute Gasteiger partial charge is 0.381 e. The molecule has 1 N–H and O–H groups in total. The number of carbonyl (C=O) groups excluding carboxylic acids is 1. The van der Waals surface area contributed by atoms with Crippen LogP contribution in [-0.2, 0) is 9.53 Å². The summed E-state index contributed by atoms with van der Waals surface area (Å²) in [6.45, 7) is 1.61. The van der Waals surface area contributed by atoms with Crippen LogP contribution < -0.4 is 5.32 Å². The fourth-order valence-electron chi connectivity index (χ4n) is 1.31. The predicted octanol–water partition coefficient (Wildman–Crippen LogP) is 1.07. The van der Waals surface area contributed by atoms with Crippen molar-refractivity contribution in [1.82, 2.24) is 5.32 Å². The molecule has 0 aromatic carbocycles. The van der Waals surface area contributed by atoms with Gasteiger partial charge in [0, 0.05) is 19.3 Å². The number of amides is 1. The van der Waals surface area contributed by atoms with Gasteiger partial charge in [-0.25, -0.2) is 0 Å². The number of rotatable bonds is 2. The molecule has 4 heteroatoms. The summed E-state index contributed by atoms with van der Waals surface area (Å²) in [5.41, 5.74) is 0. The highest BCUT2D eigenvalue weighted by molar-refractivity contribution is 9.09.